The lowest BCUT2D eigenvalue weighted by Gasteiger charge is -2.13. The fourth-order valence-corrected chi connectivity index (χ4v) is 6.58. The van der Waals surface area contributed by atoms with Crippen LogP contribution in [0.4, 0.5) is 0 Å². The van der Waals surface area contributed by atoms with Crippen molar-refractivity contribution in [3.8, 4) is 39.5 Å². The van der Waals surface area contributed by atoms with Gasteiger partial charge in [0, 0.05) is 34.4 Å². The van der Waals surface area contributed by atoms with E-state index in [1.54, 1.807) is 0 Å². The summed E-state index contributed by atoms with van der Waals surface area (Å²) in [6, 6.07) is 49.3. The van der Waals surface area contributed by atoms with Crippen LogP contribution >= 0.6 is 0 Å². The Morgan fingerprint density at radius 2 is 1.22 bits per heavy atom. The summed E-state index contributed by atoms with van der Waals surface area (Å²) in [6.45, 7) is 0. The first-order valence-corrected chi connectivity index (χ1v) is 15.1. The Balaban J connectivity index is 1.23. The van der Waals surface area contributed by atoms with E-state index in [-0.39, 0.29) is 0 Å². The fourth-order valence-electron chi connectivity index (χ4n) is 6.58. The standard InChI is InChI=1S/C41H26N4/c1-2-11-33-27(8-1)15-16-29-22-30(17-18-34(29)33)38-24-31(25-39(44-38)37-13-5-6-20-43-37)28-9-7-10-32(23-28)45-40-14-4-3-12-35(40)36-19-21-42-26-41(36)45/h1-26H. The maximum atomic E-state index is 5.15. The highest BCUT2D eigenvalue weighted by atomic mass is 15.0. The van der Waals surface area contributed by atoms with E-state index in [0.717, 1.165) is 50.5 Å². The van der Waals surface area contributed by atoms with Gasteiger partial charge in [-0.2, -0.15) is 0 Å². The van der Waals surface area contributed by atoms with Crippen molar-refractivity contribution in [2.75, 3.05) is 0 Å². The van der Waals surface area contributed by atoms with Gasteiger partial charge in [0.15, 0.2) is 0 Å². The molecule has 0 radical (unpaired) electrons. The highest BCUT2D eigenvalue weighted by Gasteiger charge is 2.15. The van der Waals surface area contributed by atoms with E-state index in [1.807, 2.05) is 36.8 Å². The Hall–Kier alpha value is -6.13. The lowest BCUT2D eigenvalue weighted by atomic mass is 9.97. The zero-order valence-electron chi connectivity index (χ0n) is 24.3. The summed E-state index contributed by atoms with van der Waals surface area (Å²) in [5.41, 5.74) is 9.19. The monoisotopic (exact) mass is 574 g/mol. The second-order valence-electron chi connectivity index (χ2n) is 11.4. The van der Waals surface area contributed by atoms with Crippen LogP contribution in [0.2, 0.25) is 0 Å². The second-order valence-corrected chi connectivity index (χ2v) is 11.4. The summed E-state index contributed by atoms with van der Waals surface area (Å²) in [4.78, 5) is 14.3. The van der Waals surface area contributed by atoms with Gasteiger partial charge >= 0.3 is 0 Å². The number of benzene rings is 5. The smallest absolute Gasteiger partial charge is 0.0899 e. The van der Waals surface area contributed by atoms with Crippen LogP contribution in [0.3, 0.4) is 0 Å². The summed E-state index contributed by atoms with van der Waals surface area (Å²) in [5, 5.41) is 7.35. The molecule has 4 heterocycles. The molecule has 0 aliphatic heterocycles. The van der Waals surface area contributed by atoms with Crippen LogP contribution in [0.5, 0.6) is 0 Å². The molecule has 5 aromatic carbocycles. The minimum Gasteiger partial charge on any atom is -0.308 e. The molecule has 0 saturated carbocycles. The quantitative estimate of drug-likeness (QED) is 0.196. The molecule has 0 amide bonds. The number of rotatable bonds is 4. The normalized spacial score (nSPS) is 11.6. The average Bonchev–Trinajstić information content (AvgIpc) is 3.46. The molecule has 9 rings (SSSR count). The minimum atomic E-state index is 0.841. The van der Waals surface area contributed by atoms with Gasteiger partial charge in [-0.15, -0.1) is 0 Å². The van der Waals surface area contributed by atoms with E-state index in [0.29, 0.717) is 0 Å². The molecule has 0 N–H and O–H groups in total. The third-order valence-electron chi connectivity index (χ3n) is 8.71. The predicted octanol–water partition coefficient (Wildman–Crippen LogP) is 10.3. The van der Waals surface area contributed by atoms with Crippen molar-refractivity contribution in [3.63, 3.8) is 0 Å². The minimum absolute atomic E-state index is 0.841. The maximum absolute atomic E-state index is 5.15. The molecular formula is C41H26N4. The zero-order valence-corrected chi connectivity index (χ0v) is 24.3. The zero-order chi connectivity index (χ0) is 29.7. The summed E-state index contributed by atoms with van der Waals surface area (Å²) in [7, 11) is 0. The van der Waals surface area contributed by atoms with Gasteiger partial charge in [0.25, 0.3) is 0 Å². The Morgan fingerprint density at radius 3 is 2.16 bits per heavy atom. The SMILES string of the molecule is c1ccc(-c2cc(-c3cccc(-n4c5ccccc5c5ccncc54)c3)cc(-c3ccc4c(ccc5ccccc54)c3)n2)nc1. The molecule has 210 valence electrons. The first kappa shape index (κ1) is 25.4. The van der Waals surface area contributed by atoms with E-state index in [4.69, 9.17) is 4.98 Å². The van der Waals surface area contributed by atoms with Gasteiger partial charge in [0.2, 0.25) is 0 Å². The van der Waals surface area contributed by atoms with Crippen molar-refractivity contribution in [2.45, 2.75) is 0 Å². The number of hydrogen-bond donors (Lipinski definition) is 0. The predicted molar refractivity (Wildman–Crippen MR) is 185 cm³/mol. The van der Waals surface area contributed by atoms with E-state index in [2.05, 4.69) is 136 Å². The molecule has 9 aromatic rings. The molecule has 0 bridgehead atoms. The number of fused-ring (bicyclic) bond motifs is 6. The average molecular weight is 575 g/mol. The third kappa shape index (κ3) is 4.27. The molecule has 0 aliphatic carbocycles. The fraction of sp³-hybridized carbons (Fsp3) is 0. The second kappa shape index (κ2) is 10.2. The van der Waals surface area contributed by atoms with Gasteiger partial charge in [-0.3, -0.25) is 9.97 Å². The molecule has 0 saturated heterocycles. The lowest BCUT2D eigenvalue weighted by Crippen LogP contribution is -1.96. The van der Waals surface area contributed by atoms with E-state index >= 15 is 0 Å². The van der Waals surface area contributed by atoms with Crippen LogP contribution < -0.4 is 0 Å². The van der Waals surface area contributed by atoms with E-state index < -0.39 is 0 Å². The van der Waals surface area contributed by atoms with Crippen molar-refractivity contribution < 1.29 is 0 Å². The number of pyridine rings is 3. The van der Waals surface area contributed by atoms with Crippen molar-refractivity contribution in [2.24, 2.45) is 0 Å². The van der Waals surface area contributed by atoms with Crippen LogP contribution in [-0.4, -0.2) is 19.5 Å². The van der Waals surface area contributed by atoms with Gasteiger partial charge in [0.05, 0.1) is 34.3 Å². The first-order chi connectivity index (χ1) is 22.3. The van der Waals surface area contributed by atoms with Gasteiger partial charge in [-0.1, -0.05) is 84.9 Å². The van der Waals surface area contributed by atoms with Crippen LogP contribution in [-0.2, 0) is 0 Å². The lowest BCUT2D eigenvalue weighted by molar-refractivity contribution is 1.17. The van der Waals surface area contributed by atoms with Crippen LogP contribution in [0.1, 0.15) is 0 Å². The third-order valence-corrected chi connectivity index (χ3v) is 8.71. The molecular weight excluding hydrogens is 548 g/mol. The van der Waals surface area contributed by atoms with E-state index in [1.165, 1.54) is 32.3 Å². The maximum Gasteiger partial charge on any atom is 0.0899 e. The van der Waals surface area contributed by atoms with Crippen molar-refractivity contribution in [1.29, 1.82) is 0 Å². The molecule has 45 heavy (non-hydrogen) atoms. The molecule has 4 aromatic heterocycles. The molecule has 0 unspecified atom stereocenters. The Labute approximate surface area is 259 Å². The molecule has 4 nitrogen and oxygen atoms in total. The Bertz CT molecular complexity index is 2490. The number of hydrogen-bond acceptors (Lipinski definition) is 3. The van der Waals surface area contributed by atoms with Gasteiger partial charge in [-0.05, 0) is 87.3 Å². The van der Waals surface area contributed by atoms with Crippen molar-refractivity contribution in [3.05, 3.63) is 158 Å². The van der Waals surface area contributed by atoms with Gasteiger partial charge in [0.1, 0.15) is 0 Å². The molecule has 0 aliphatic rings. The molecule has 0 fully saturated rings. The summed E-state index contributed by atoms with van der Waals surface area (Å²) >= 11 is 0. The summed E-state index contributed by atoms with van der Waals surface area (Å²) in [6.07, 6.45) is 5.64. The number of para-hydroxylation sites is 1. The van der Waals surface area contributed by atoms with Crippen molar-refractivity contribution >= 4 is 43.4 Å². The van der Waals surface area contributed by atoms with Crippen LogP contribution in [0.25, 0.3) is 82.8 Å². The number of nitrogens with zero attached hydrogens (tertiary/aromatic N) is 4. The van der Waals surface area contributed by atoms with Crippen LogP contribution in [0, 0.1) is 0 Å². The molecule has 0 atom stereocenters. The summed E-state index contributed by atoms with van der Waals surface area (Å²) < 4.78 is 2.30. The molecule has 4 heteroatoms. The Morgan fingerprint density at radius 1 is 0.422 bits per heavy atom. The largest absolute Gasteiger partial charge is 0.308 e. The van der Waals surface area contributed by atoms with Crippen molar-refractivity contribution in [1.82, 2.24) is 19.5 Å². The Kier molecular flexibility index (Phi) is 5.78. The summed E-state index contributed by atoms with van der Waals surface area (Å²) in [5.74, 6) is 0. The number of aromatic nitrogens is 4. The van der Waals surface area contributed by atoms with Gasteiger partial charge < -0.3 is 4.57 Å². The molecule has 0 spiro atoms. The highest BCUT2D eigenvalue weighted by molar-refractivity contribution is 6.09. The van der Waals surface area contributed by atoms with E-state index in [9.17, 15) is 0 Å². The highest BCUT2D eigenvalue weighted by Crippen LogP contribution is 2.36. The topological polar surface area (TPSA) is 43.6 Å². The first-order valence-electron chi connectivity index (χ1n) is 15.1. The van der Waals surface area contributed by atoms with Crippen LogP contribution in [0.15, 0.2) is 158 Å². The van der Waals surface area contributed by atoms with Gasteiger partial charge in [-0.25, -0.2) is 4.98 Å².